The molecule has 0 fully saturated rings. The Bertz CT molecular complexity index is 1220. The van der Waals surface area contributed by atoms with Gasteiger partial charge in [0.25, 0.3) is 0 Å². The lowest BCUT2D eigenvalue weighted by Gasteiger charge is -1.97. The molecule has 0 amide bonds. The van der Waals surface area contributed by atoms with Crippen molar-refractivity contribution in [1.29, 1.82) is 0 Å². The number of thiazole rings is 1. The number of halogens is 1. The number of aromatic amines is 1. The molecule has 0 saturated heterocycles. The van der Waals surface area contributed by atoms with Crippen molar-refractivity contribution < 1.29 is 4.74 Å². The summed E-state index contributed by atoms with van der Waals surface area (Å²) in [5.74, 6) is 0.731. The van der Waals surface area contributed by atoms with Gasteiger partial charge in [0, 0.05) is 15.4 Å². The quantitative estimate of drug-likeness (QED) is 0.375. The van der Waals surface area contributed by atoms with Crippen LogP contribution >= 0.6 is 27.3 Å². The van der Waals surface area contributed by atoms with Gasteiger partial charge < -0.3 is 4.74 Å². The lowest BCUT2D eigenvalue weighted by Crippen LogP contribution is -2.13. The Hall–Kier alpha value is -3.04. The average Bonchev–Trinajstić information content (AvgIpc) is 3.32. The number of benzene rings is 2. The van der Waals surface area contributed by atoms with E-state index in [1.54, 1.807) is 38.3 Å². The van der Waals surface area contributed by atoms with Crippen molar-refractivity contribution in [3.63, 3.8) is 0 Å². The molecule has 146 valence electrons. The topological polar surface area (TPSA) is 84.6 Å². The number of nitrogens with one attached hydrogen (secondary N) is 1. The number of azo groups is 1. The van der Waals surface area contributed by atoms with Gasteiger partial charge in [-0.25, -0.2) is 4.98 Å². The van der Waals surface area contributed by atoms with Crippen LogP contribution in [0.1, 0.15) is 5.69 Å². The minimum Gasteiger partial charge on any atom is -0.497 e. The highest BCUT2D eigenvalue weighted by molar-refractivity contribution is 9.10. The molecule has 0 spiro atoms. The van der Waals surface area contributed by atoms with Gasteiger partial charge in [0.15, 0.2) is 5.69 Å². The van der Waals surface area contributed by atoms with Crippen molar-refractivity contribution in [1.82, 2.24) is 14.8 Å². The van der Waals surface area contributed by atoms with Crippen molar-refractivity contribution in [2.45, 2.75) is 6.92 Å². The molecule has 1 N–H and O–H groups in total. The van der Waals surface area contributed by atoms with Crippen LogP contribution in [-0.2, 0) is 0 Å². The summed E-state index contributed by atoms with van der Waals surface area (Å²) in [5.41, 5.74) is 2.99. The number of aromatic nitrogens is 3. The van der Waals surface area contributed by atoms with E-state index in [4.69, 9.17) is 4.74 Å². The summed E-state index contributed by atoms with van der Waals surface area (Å²) >= 11 is 4.80. The molecule has 0 atom stereocenters. The van der Waals surface area contributed by atoms with Crippen molar-refractivity contribution in [2.75, 3.05) is 7.11 Å². The second-order valence-corrected chi connectivity index (χ2v) is 7.90. The smallest absolute Gasteiger partial charge is 0.301 e. The minimum absolute atomic E-state index is 0.251. The summed E-state index contributed by atoms with van der Waals surface area (Å²) in [4.78, 5) is 17.4. The predicted molar refractivity (Wildman–Crippen MR) is 117 cm³/mol. The number of hydrogen-bond acceptors (Lipinski definition) is 6. The second-order valence-electron chi connectivity index (χ2n) is 6.15. The van der Waals surface area contributed by atoms with Crippen LogP contribution in [0.5, 0.6) is 5.75 Å². The summed E-state index contributed by atoms with van der Waals surface area (Å²) in [5, 5.41) is 13.8. The number of methoxy groups -OCH3 is 1. The van der Waals surface area contributed by atoms with Gasteiger partial charge in [0.2, 0.25) is 5.13 Å². The maximum atomic E-state index is 12.8. The lowest BCUT2D eigenvalue weighted by molar-refractivity contribution is 0.415. The highest BCUT2D eigenvalue weighted by Crippen LogP contribution is 2.26. The number of rotatable bonds is 5. The summed E-state index contributed by atoms with van der Waals surface area (Å²) in [6.07, 6.45) is 0. The largest absolute Gasteiger partial charge is 0.497 e. The Morgan fingerprint density at radius 1 is 1.10 bits per heavy atom. The number of nitrogens with zero attached hydrogens (tertiary/aromatic N) is 4. The van der Waals surface area contributed by atoms with Crippen LogP contribution in [0.3, 0.4) is 0 Å². The zero-order chi connectivity index (χ0) is 20.4. The van der Waals surface area contributed by atoms with Crippen LogP contribution < -0.4 is 10.3 Å². The first-order valence-electron chi connectivity index (χ1n) is 8.64. The zero-order valence-electron chi connectivity index (χ0n) is 15.6. The molecule has 0 bridgehead atoms. The molecule has 0 aliphatic rings. The van der Waals surface area contributed by atoms with Crippen LogP contribution in [0.2, 0.25) is 0 Å². The number of ether oxygens (including phenoxy) is 1. The van der Waals surface area contributed by atoms with E-state index in [0.29, 0.717) is 16.5 Å². The molecular formula is C20H16BrN5O2S. The molecule has 0 aliphatic carbocycles. The Morgan fingerprint density at radius 3 is 2.52 bits per heavy atom. The van der Waals surface area contributed by atoms with Gasteiger partial charge in [0.05, 0.1) is 24.2 Å². The lowest BCUT2D eigenvalue weighted by atomic mass is 10.2. The Balaban J connectivity index is 1.62. The molecule has 29 heavy (non-hydrogen) atoms. The summed E-state index contributed by atoms with van der Waals surface area (Å²) in [6, 6.07) is 15.0. The highest BCUT2D eigenvalue weighted by atomic mass is 79.9. The first-order chi connectivity index (χ1) is 14.0. The van der Waals surface area contributed by atoms with E-state index in [1.807, 2.05) is 29.6 Å². The van der Waals surface area contributed by atoms with Gasteiger partial charge in [-0.05, 0) is 43.3 Å². The molecule has 0 saturated carbocycles. The SMILES string of the molecule is COc1ccc(N=Nc2c(C)[nH]n(-c3nc(-c4ccc(Br)cc4)cs3)c2=O)cc1. The molecule has 4 rings (SSSR count). The third-order valence-electron chi connectivity index (χ3n) is 4.20. The molecule has 9 heteroatoms. The zero-order valence-corrected chi connectivity index (χ0v) is 18.0. The molecular weight excluding hydrogens is 454 g/mol. The van der Waals surface area contributed by atoms with Crippen LogP contribution in [0.25, 0.3) is 16.4 Å². The van der Waals surface area contributed by atoms with Crippen molar-refractivity contribution in [2.24, 2.45) is 10.2 Å². The van der Waals surface area contributed by atoms with Crippen LogP contribution in [0.15, 0.2) is 73.4 Å². The van der Waals surface area contributed by atoms with Crippen LogP contribution in [-0.4, -0.2) is 21.9 Å². The second kappa shape index (κ2) is 8.14. The van der Waals surface area contributed by atoms with Crippen molar-refractivity contribution in [3.8, 4) is 22.1 Å². The van der Waals surface area contributed by atoms with Crippen LogP contribution in [0.4, 0.5) is 11.4 Å². The summed E-state index contributed by atoms with van der Waals surface area (Å²) in [6.45, 7) is 1.78. The maximum Gasteiger partial charge on any atom is 0.301 e. The molecule has 2 heterocycles. The molecule has 0 aliphatic heterocycles. The number of H-pyrrole nitrogens is 1. The Morgan fingerprint density at radius 2 is 1.83 bits per heavy atom. The molecule has 4 aromatic rings. The van der Waals surface area contributed by atoms with Gasteiger partial charge in [0.1, 0.15) is 5.75 Å². The number of aryl methyl sites for hydroxylation is 1. The molecule has 7 nitrogen and oxygen atoms in total. The molecule has 0 radical (unpaired) electrons. The van der Waals surface area contributed by atoms with Crippen molar-refractivity contribution >= 4 is 38.6 Å². The van der Waals surface area contributed by atoms with E-state index in [-0.39, 0.29) is 11.2 Å². The van der Waals surface area contributed by atoms with E-state index >= 15 is 0 Å². The van der Waals surface area contributed by atoms with Gasteiger partial charge in [-0.2, -0.15) is 9.80 Å². The third kappa shape index (κ3) is 4.06. The fourth-order valence-electron chi connectivity index (χ4n) is 2.67. The first-order valence-corrected chi connectivity index (χ1v) is 10.3. The van der Waals surface area contributed by atoms with E-state index in [1.165, 1.54) is 16.0 Å². The maximum absolute atomic E-state index is 12.8. The molecule has 0 unspecified atom stereocenters. The van der Waals surface area contributed by atoms with Crippen molar-refractivity contribution in [3.05, 3.63) is 74.4 Å². The van der Waals surface area contributed by atoms with E-state index in [2.05, 4.69) is 36.2 Å². The number of hydrogen-bond donors (Lipinski definition) is 1. The van der Waals surface area contributed by atoms with Gasteiger partial charge >= 0.3 is 5.56 Å². The van der Waals surface area contributed by atoms with Gasteiger partial charge in [-0.1, -0.05) is 28.1 Å². The van der Waals surface area contributed by atoms with Gasteiger partial charge in [-0.15, -0.1) is 16.5 Å². The van der Waals surface area contributed by atoms with E-state index in [9.17, 15) is 4.79 Å². The van der Waals surface area contributed by atoms with E-state index in [0.717, 1.165) is 21.5 Å². The predicted octanol–water partition coefficient (Wildman–Crippen LogP) is 5.78. The average molecular weight is 470 g/mol. The fraction of sp³-hybridized carbons (Fsp3) is 0.100. The standard InChI is InChI=1S/C20H16BrN5O2S/c1-12-18(24-23-15-7-9-16(28-2)10-8-15)19(27)26(25-12)20-22-17(11-29-20)13-3-5-14(21)6-4-13/h3-11,25H,1-2H3. The summed E-state index contributed by atoms with van der Waals surface area (Å²) < 4.78 is 7.52. The monoisotopic (exact) mass is 469 g/mol. The molecule has 2 aromatic heterocycles. The molecule has 2 aromatic carbocycles. The normalized spacial score (nSPS) is 11.3. The van der Waals surface area contributed by atoms with Crippen LogP contribution in [0, 0.1) is 6.92 Å². The Labute approximate surface area is 178 Å². The Kier molecular flexibility index (Phi) is 5.41. The summed E-state index contributed by atoms with van der Waals surface area (Å²) in [7, 11) is 1.60. The van der Waals surface area contributed by atoms with Gasteiger partial charge in [-0.3, -0.25) is 9.89 Å². The van der Waals surface area contributed by atoms with E-state index < -0.39 is 0 Å². The third-order valence-corrected chi connectivity index (χ3v) is 5.56. The minimum atomic E-state index is -0.295. The first kappa shape index (κ1) is 19.3. The fourth-order valence-corrected chi connectivity index (χ4v) is 3.72. The highest BCUT2D eigenvalue weighted by Gasteiger charge is 2.15.